The largest absolute Gasteiger partial charge is 0.500 e. The summed E-state index contributed by atoms with van der Waals surface area (Å²) in [4.78, 5) is 26.2. The molecule has 10 heteroatoms. The van der Waals surface area contributed by atoms with Gasteiger partial charge >= 0.3 is 20.9 Å². The van der Waals surface area contributed by atoms with Crippen molar-refractivity contribution in [2.24, 2.45) is 11.5 Å². The molecule has 0 bridgehead atoms. The fourth-order valence-electron chi connectivity index (χ4n) is 3.15. The van der Waals surface area contributed by atoms with E-state index in [4.69, 9.17) is 24.7 Å². The van der Waals surface area contributed by atoms with Crippen molar-refractivity contribution in [3.8, 4) is 0 Å². The number of piperazine rings is 1. The molecule has 0 aromatic carbocycles. The van der Waals surface area contributed by atoms with Crippen molar-refractivity contribution in [1.29, 1.82) is 0 Å². The lowest BCUT2D eigenvalue weighted by molar-refractivity contribution is 0.0688. The van der Waals surface area contributed by atoms with Crippen LogP contribution in [0.3, 0.4) is 0 Å². The van der Waals surface area contributed by atoms with Gasteiger partial charge in [-0.1, -0.05) is 0 Å². The van der Waals surface area contributed by atoms with Gasteiger partial charge in [0.1, 0.15) is 0 Å². The van der Waals surface area contributed by atoms with E-state index in [9.17, 15) is 9.59 Å². The molecular formula is C15H32N4O5Si. The Balaban J connectivity index is 2.69. The lowest BCUT2D eigenvalue weighted by atomic mass is 10.1. The predicted molar refractivity (Wildman–Crippen MR) is 95.9 cm³/mol. The van der Waals surface area contributed by atoms with Gasteiger partial charge in [0, 0.05) is 45.5 Å². The van der Waals surface area contributed by atoms with Crippen molar-refractivity contribution in [1.82, 2.24) is 9.80 Å². The summed E-state index contributed by atoms with van der Waals surface area (Å²) >= 11 is 0. The fourth-order valence-corrected chi connectivity index (χ4v) is 5.79. The SMILES string of the molecule is CCO[Si](CCCC1CN(C(N)=O)CCN1C(N)=O)(OCC)OCC. The number of amides is 4. The minimum absolute atomic E-state index is 0.157. The van der Waals surface area contributed by atoms with Gasteiger partial charge in [-0.15, -0.1) is 0 Å². The minimum Gasteiger partial charge on any atom is -0.374 e. The number of carbonyl (C=O) groups is 2. The van der Waals surface area contributed by atoms with Crippen LogP contribution < -0.4 is 11.5 Å². The average molecular weight is 377 g/mol. The molecule has 1 rings (SSSR count). The number of hydrogen-bond donors (Lipinski definition) is 2. The molecule has 0 aromatic heterocycles. The summed E-state index contributed by atoms with van der Waals surface area (Å²) in [7, 11) is -2.71. The summed E-state index contributed by atoms with van der Waals surface area (Å²) < 4.78 is 17.5. The second kappa shape index (κ2) is 10.6. The summed E-state index contributed by atoms with van der Waals surface area (Å²) in [5.74, 6) is 0. The van der Waals surface area contributed by atoms with Crippen LogP contribution >= 0.6 is 0 Å². The monoisotopic (exact) mass is 376 g/mol. The van der Waals surface area contributed by atoms with E-state index in [-0.39, 0.29) is 6.04 Å². The van der Waals surface area contributed by atoms with Gasteiger partial charge in [0.25, 0.3) is 0 Å². The number of nitrogens with zero attached hydrogens (tertiary/aromatic N) is 2. The van der Waals surface area contributed by atoms with Crippen molar-refractivity contribution in [2.75, 3.05) is 39.5 Å². The van der Waals surface area contributed by atoms with E-state index >= 15 is 0 Å². The highest BCUT2D eigenvalue weighted by Crippen LogP contribution is 2.22. The summed E-state index contributed by atoms with van der Waals surface area (Å²) in [5.41, 5.74) is 10.8. The Bertz CT molecular complexity index is 423. The van der Waals surface area contributed by atoms with Crippen LogP contribution in [-0.4, -0.2) is 76.2 Å². The fraction of sp³-hybridized carbons (Fsp3) is 0.867. The molecule has 0 saturated carbocycles. The average Bonchev–Trinajstić information content (AvgIpc) is 2.55. The van der Waals surface area contributed by atoms with Gasteiger partial charge in [-0.25, -0.2) is 9.59 Å². The smallest absolute Gasteiger partial charge is 0.374 e. The highest BCUT2D eigenvalue weighted by Gasteiger charge is 2.40. The van der Waals surface area contributed by atoms with E-state index in [1.807, 2.05) is 20.8 Å². The van der Waals surface area contributed by atoms with Crippen LogP contribution in [0.25, 0.3) is 0 Å². The summed E-state index contributed by atoms with van der Waals surface area (Å²) in [6.45, 7) is 8.53. The first-order valence-corrected chi connectivity index (χ1v) is 10.8. The Morgan fingerprint density at radius 2 is 1.56 bits per heavy atom. The molecule has 1 atom stereocenters. The highest BCUT2D eigenvalue weighted by atomic mass is 28.4. The van der Waals surface area contributed by atoms with Crippen molar-refractivity contribution in [2.45, 2.75) is 45.7 Å². The number of urea groups is 2. The molecule has 4 N–H and O–H groups in total. The third-order valence-electron chi connectivity index (χ3n) is 4.19. The first kappa shape index (κ1) is 21.7. The van der Waals surface area contributed by atoms with Gasteiger partial charge in [0.15, 0.2) is 0 Å². The molecule has 9 nitrogen and oxygen atoms in total. The maximum absolute atomic E-state index is 11.7. The molecule has 1 aliphatic rings. The van der Waals surface area contributed by atoms with Crippen LogP contribution in [0.4, 0.5) is 9.59 Å². The van der Waals surface area contributed by atoms with Crippen molar-refractivity contribution in [3.63, 3.8) is 0 Å². The molecule has 1 heterocycles. The maximum Gasteiger partial charge on any atom is 0.500 e. The summed E-state index contributed by atoms with van der Waals surface area (Å²) in [6.07, 6.45) is 1.42. The number of rotatable bonds is 10. The molecule has 25 heavy (non-hydrogen) atoms. The second-order valence-electron chi connectivity index (χ2n) is 5.84. The maximum atomic E-state index is 11.7. The third-order valence-corrected chi connectivity index (χ3v) is 7.34. The van der Waals surface area contributed by atoms with E-state index < -0.39 is 20.9 Å². The third kappa shape index (κ3) is 6.46. The van der Waals surface area contributed by atoms with Gasteiger partial charge in [-0.05, 0) is 33.6 Å². The van der Waals surface area contributed by atoms with Crippen molar-refractivity contribution in [3.05, 3.63) is 0 Å². The molecule has 0 aliphatic carbocycles. The number of nitrogens with two attached hydrogens (primary N) is 2. The Kier molecular flexibility index (Phi) is 9.18. The highest BCUT2D eigenvalue weighted by molar-refractivity contribution is 6.60. The standard InChI is InChI=1S/C15H32N4O5Si/c1-4-22-25(23-5-2,24-6-3)11-7-8-13-12-18(14(16)20)9-10-19(13)15(17)21/h13H,4-12H2,1-3H3,(H2,16,20)(H2,17,21). The Hall–Kier alpha value is -1.36. The first-order valence-electron chi connectivity index (χ1n) is 8.91. The minimum atomic E-state index is -2.71. The number of primary amides is 2. The van der Waals surface area contributed by atoms with Gasteiger partial charge in [-0.2, -0.15) is 0 Å². The van der Waals surface area contributed by atoms with E-state index in [2.05, 4.69) is 0 Å². The quantitative estimate of drug-likeness (QED) is 0.550. The molecule has 1 unspecified atom stereocenters. The molecular weight excluding hydrogens is 344 g/mol. The van der Waals surface area contributed by atoms with E-state index in [0.717, 1.165) is 6.42 Å². The van der Waals surface area contributed by atoms with Gasteiger partial charge in [-0.3, -0.25) is 0 Å². The first-order chi connectivity index (χ1) is 11.9. The lowest BCUT2D eigenvalue weighted by Gasteiger charge is -2.40. The van der Waals surface area contributed by atoms with E-state index in [0.29, 0.717) is 51.9 Å². The number of hydrogen-bond acceptors (Lipinski definition) is 5. The van der Waals surface area contributed by atoms with Crippen LogP contribution in [0.15, 0.2) is 0 Å². The van der Waals surface area contributed by atoms with Crippen LogP contribution in [0, 0.1) is 0 Å². The zero-order valence-corrected chi connectivity index (χ0v) is 16.5. The van der Waals surface area contributed by atoms with Crippen LogP contribution in [0.5, 0.6) is 0 Å². The molecule has 1 aliphatic heterocycles. The molecule has 0 radical (unpaired) electrons. The van der Waals surface area contributed by atoms with Crippen molar-refractivity contribution < 1.29 is 22.9 Å². The topological polar surface area (TPSA) is 120 Å². The van der Waals surface area contributed by atoms with Gasteiger partial charge in [0.2, 0.25) is 0 Å². The van der Waals surface area contributed by atoms with Crippen LogP contribution in [0.2, 0.25) is 6.04 Å². The van der Waals surface area contributed by atoms with E-state index in [1.54, 1.807) is 9.80 Å². The van der Waals surface area contributed by atoms with Crippen molar-refractivity contribution >= 4 is 20.9 Å². The van der Waals surface area contributed by atoms with Gasteiger partial charge in [0.05, 0.1) is 6.04 Å². The number of carbonyl (C=O) groups excluding carboxylic acids is 2. The zero-order chi connectivity index (χ0) is 18.9. The van der Waals surface area contributed by atoms with E-state index in [1.165, 1.54) is 0 Å². The molecule has 1 fully saturated rings. The molecule has 146 valence electrons. The molecule has 0 spiro atoms. The second-order valence-corrected chi connectivity index (χ2v) is 8.58. The molecule has 0 aromatic rings. The molecule has 4 amide bonds. The van der Waals surface area contributed by atoms with Crippen LogP contribution in [-0.2, 0) is 13.3 Å². The normalized spacial score (nSPS) is 18.4. The molecule has 1 saturated heterocycles. The predicted octanol–water partition coefficient (Wildman–Crippen LogP) is 0.959. The van der Waals surface area contributed by atoms with Gasteiger partial charge < -0.3 is 34.5 Å². The Labute approximate surface area is 150 Å². The Morgan fingerprint density at radius 1 is 1.00 bits per heavy atom. The lowest BCUT2D eigenvalue weighted by Crippen LogP contribution is -2.58. The summed E-state index contributed by atoms with van der Waals surface area (Å²) in [5, 5.41) is 0. The van der Waals surface area contributed by atoms with Crippen LogP contribution in [0.1, 0.15) is 33.6 Å². The summed E-state index contributed by atoms with van der Waals surface area (Å²) in [6, 6.07) is -0.453. The zero-order valence-electron chi connectivity index (χ0n) is 15.5. The Morgan fingerprint density at radius 3 is 2.00 bits per heavy atom.